The Kier molecular flexibility index (Phi) is 5.97. The zero-order chi connectivity index (χ0) is 22.5. The summed E-state index contributed by atoms with van der Waals surface area (Å²) in [6, 6.07) is 22.7. The lowest BCUT2D eigenvalue weighted by atomic mass is 10.0. The molecule has 8 heteroatoms. The van der Waals surface area contributed by atoms with Gasteiger partial charge in [0.15, 0.2) is 5.82 Å². The second-order valence-electron chi connectivity index (χ2n) is 7.84. The van der Waals surface area contributed by atoms with Crippen molar-refractivity contribution in [3.63, 3.8) is 0 Å². The predicted molar refractivity (Wildman–Crippen MR) is 125 cm³/mol. The molecule has 0 fully saturated rings. The number of benzene rings is 2. The van der Waals surface area contributed by atoms with Gasteiger partial charge in [-0.1, -0.05) is 67.6 Å². The lowest BCUT2D eigenvalue weighted by molar-refractivity contribution is 0.572. The molecule has 0 amide bonds. The van der Waals surface area contributed by atoms with Gasteiger partial charge in [0, 0.05) is 31.1 Å². The number of nitrogens with one attached hydrogen (secondary N) is 1. The van der Waals surface area contributed by atoms with Gasteiger partial charge in [0.05, 0.1) is 0 Å². The molecular formula is C25H24N8. The quantitative estimate of drug-likeness (QED) is 0.393. The van der Waals surface area contributed by atoms with Gasteiger partial charge in [-0.15, -0.1) is 10.2 Å². The summed E-state index contributed by atoms with van der Waals surface area (Å²) in [5.41, 5.74) is 5.11. The Hall–Kier alpha value is -4.20. The van der Waals surface area contributed by atoms with Crippen LogP contribution in [-0.4, -0.2) is 40.4 Å². The monoisotopic (exact) mass is 436 g/mol. The highest BCUT2D eigenvalue weighted by atomic mass is 15.5. The lowest BCUT2D eigenvalue weighted by Gasteiger charge is -2.08. The Balaban J connectivity index is 1.38. The summed E-state index contributed by atoms with van der Waals surface area (Å²) in [6.45, 7) is 3.02. The molecule has 0 saturated heterocycles. The Labute approximate surface area is 191 Å². The van der Waals surface area contributed by atoms with Crippen LogP contribution < -0.4 is 0 Å². The Morgan fingerprint density at radius 2 is 1.70 bits per heavy atom. The molecule has 33 heavy (non-hydrogen) atoms. The molecule has 0 aliphatic heterocycles. The van der Waals surface area contributed by atoms with Gasteiger partial charge < -0.3 is 0 Å². The maximum absolute atomic E-state index is 4.86. The first-order chi connectivity index (χ1) is 16.3. The van der Waals surface area contributed by atoms with Crippen molar-refractivity contribution >= 4 is 0 Å². The molecule has 8 nitrogen and oxygen atoms in total. The standard InChI is InChI=1S/C25H24N8/c1-2-15-33-23(27-22(30-33)16-18-7-4-3-5-8-18)17-19-10-12-20(13-11-19)21-9-6-14-26-24(21)25-28-31-32-29-25/h3-14H,2,15-17H2,1H3,(H,28,29,31,32). The van der Waals surface area contributed by atoms with E-state index in [2.05, 4.69) is 68.9 Å². The van der Waals surface area contributed by atoms with Crippen molar-refractivity contribution in [3.8, 4) is 22.6 Å². The van der Waals surface area contributed by atoms with E-state index < -0.39 is 0 Å². The van der Waals surface area contributed by atoms with Crippen molar-refractivity contribution < 1.29 is 0 Å². The summed E-state index contributed by atoms with van der Waals surface area (Å²) in [4.78, 5) is 9.31. The third-order valence-electron chi connectivity index (χ3n) is 5.42. The second kappa shape index (κ2) is 9.52. The molecule has 0 spiro atoms. The molecule has 0 unspecified atom stereocenters. The first-order valence-corrected chi connectivity index (χ1v) is 11.0. The van der Waals surface area contributed by atoms with Gasteiger partial charge in [-0.3, -0.25) is 4.98 Å². The molecule has 0 radical (unpaired) electrons. The third kappa shape index (κ3) is 4.69. The normalized spacial score (nSPS) is 11.1. The average Bonchev–Trinajstić information content (AvgIpc) is 3.51. The number of hydrogen-bond donors (Lipinski definition) is 1. The van der Waals surface area contributed by atoms with Gasteiger partial charge in [-0.2, -0.15) is 10.3 Å². The first kappa shape index (κ1) is 20.7. The fraction of sp³-hybridized carbons (Fsp3) is 0.200. The van der Waals surface area contributed by atoms with Gasteiger partial charge in [0.1, 0.15) is 11.5 Å². The van der Waals surface area contributed by atoms with E-state index in [0.29, 0.717) is 11.5 Å². The number of aromatic nitrogens is 8. The number of hydrogen-bond acceptors (Lipinski definition) is 6. The van der Waals surface area contributed by atoms with Crippen molar-refractivity contribution in [2.75, 3.05) is 0 Å². The molecule has 3 aromatic heterocycles. The van der Waals surface area contributed by atoms with E-state index in [9.17, 15) is 0 Å². The van der Waals surface area contributed by atoms with Crippen LogP contribution in [0.4, 0.5) is 0 Å². The van der Waals surface area contributed by atoms with Gasteiger partial charge in [0.25, 0.3) is 0 Å². The average molecular weight is 437 g/mol. The Morgan fingerprint density at radius 3 is 2.45 bits per heavy atom. The van der Waals surface area contributed by atoms with Crippen LogP contribution in [0, 0.1) is 0 Å². The van der Waals surface area contributed by atoms with Crippen molar-refractivity contribution in [1.82, 2.24) is 40.4 Å². The van der Waals surface area contributed by atoms with E-state index in [4.69, 9.17) is 10.1 Å². The molecule has 5 aromatic rings. The number of rotatable bonds is 8. The third-order valence-corrected chi connectivity index (χ3v) is 5.42. The molecule has 0 aliphatic rings. The van der Waals surface area contributed by atoms with E-state index in [1.807, 2.05) is 35.0 Å². The highest BCUT2D eigenvalue weighted by molar-refractivity contribution is 5.77. The van der Waals surface area contributed by atoms with Crippen LogP contribution >= 0.6 is 0 Å². The fourth-order valence-corrected chi connectivity index (χ4v) is 3.86. The van der Waals surface area contributed by atoms with Crippen LogP contribution in [0.3, 0.4) is 0 Å². The highest BCUT2D eigenvalue weighted by Crippen LogP contribution is 2.28. The molecule has 2 aromatic carbocycles. The summed E-state index contributed by atoms with van der Waals surface area (Å²) in [6.07, 6.45) is 4.22. The minimum atomic E-state index is 0.480. The second-order valence-corrected chi connectivity index (χ2v) is 7.84. The van der Waals surface area contributed by atoms with Crippen LogP contribution in [0.1, 0.15) is 36.1 Å². The summed E-state index contributed by atoms with van der Waals surface area (Å²) in [5.74, 6) is 2.33. The van der Waals surface area contributed by atoms with Gasteiger partial charge in [-0.05, 0) is 34.4 Å². The van der Waals surface area contributed by atoms with Crippen LogP contribution in [0.25, 0.3) is 22.6 Å². The summed E-state index contributed by atoms with van der Waals surface area (Å²) < 4.78 is 2.04. The predicted octanol–water partition coefficient (Wildman–Crippen LogP) is 4.11. The molecular weight excluding hydrogens is 412 g/mol. The Morgan fingerprint density at radius 1 is 0.879 bits per heavy atom. The van der Waals surface area contributed by atoms with E-state index >= 15 is 0 Å². The number of H-pyrrole nitrogens is 1. The molecule has 0 aliphatic carbocycles. The van der Waals surface area contributed by atoms with E-state index in [1.165, 1.54) is 11.1 Å². The van der Waals surface area contributed by atoms with E-state index in [0.717, 1.165) is 48.6 Å². The van der Waals surface area contributed by atoms with Gasteiger partial charge >= 0.3 is 0 Å². The molecule has 164 valence electrons. The summed E-state index contributed by atoms with van der Waals surface area (Å²) >= 11 is 0. The summed E-state index contributed by atoms with van der Waals surface area (Å²) in [7, 11) is 0. The van der Waals surface area contributed by atoms with E-state index in [-0.39, 0.29) is 0 Å². The van der Waals surface area contributed by atoms with Crippen LogP contribution in [0.5, 0.6) is 0 Å². The minimum absolute atomic E-state index is 0.480. The molecule has 0 bridgehead atoms. The van der Waals surface area contributed by atoms with Crippen LogP contribution in [0.2, 0.25) is 0 Å². The molecule has 0 saturated carbocycles. The van der Waals surface area contributed by atoms with Gasteiger partial charge in [0.2, 0.25) is 5.82 Å². The molecule has 0 atom stereocenters. The first-order valence-electron chi connectivity index (χ1n) is 11.0. The maximum Gasteiger partial charge on any atom is 0.223 e. The zero-order valence-electron chi connectivity index (χ0n) is 18.4. The molecule has 1 N–H and O–H groups in total. The van der Waals surface area contributed by atoms with Crippen LogP contribution in [0.15, 0.2) is 72.9 Å². The molecule has 3 heterocycles. The van der Waals surface area contributed by atoms with Crippen molar-refractivity contribution in [2.24, 2.45) is 0 Å². The fourth-order valence-electron chi connectivity index (χ4n) is 3.86. The number of pyridine rings is 1. The molecule has 5 rings (SSSR count). The van der Waals surface area contributed by atoms with Crippen LogP contribution in [-0.2, 0) is 19.4 Å². The number of nitrogens with zero attached hydrogens (tertiary/aromatic N) is 7. The maximum atomic E-state index is 4.86. The Bertz CT molecular complexity index is 1310. The number of tetrazole rings is 1. The van der Waals surface area contributed by atoms with Gasteiger partial charge in [-0.25, -0.2) is 9.67 Å². The van der Waals surface area contributed by atoms with E-state index in [1.54, 1.807) is 6.20 Å². The van der Waals surface area contributed by atoms with Crippen molar-refractivity contribution in [2.45, 2.75) is 32.7 Å². The highest BCUT2D eigenvalue weighted by Gasteiger charge is 2.14. The SMILES string of the molecule is CCCn1nc(Cc2ccccc2)nc1Cc1ccc(-c2cccnc2-c2nn[nH]n2)cc1. The van der Waals surface area contributed by atoms with Crippen molar-refractivity contribution in [3.05, 3.63) is 95.7 Å². The number of aromatic amines is 1. The topological polar surface area (TPSA) is 98.1 Å². The largest absolute Gasteiger partial charge is 0.252 e. The smallest absolute Gasteiger partial charge is 0.223 e. The zero-order valence-corrected chi connectivity index (χ0v) is 18.4. The minimum Gasteiger partial charge on any atom is -0.252 e. The van der Waals surface area contributed by atoms with Crippen molar-refractivity contribution in [1.29, 1.82) is 0 Å². The summed E-state index contributed by atoms with van der Waals surface area (Å²) in [5, 5.41) is 19.1. The lowest BCUT2D eigenvalue weighted by Crippen LogP contribution is -2.06. The number of aryl methyl sites for hydroxylation is 1.